The molecule has 18 heavy (non-hydrogen) atoms. The molecule has 0 unspecified atom stereocenters. The monoisotopic (exact) mass is 264 g/mol. The second kappa shape index (κ2) is 5.66. The molecule has 0 amide bonds. The highest BCUT2D eigenvalue weighted by atomic mass is 31.2. The Bertz CT molecular complexity index is 569. The van der Waals surface area contributed by atoms with Crippen molar-refractivity contribution in [2.45, 2.75) is 19.3 Å². The molecule has 0 saturated heterocycles. The van der Waals surface area contributed by atoms with Crippen LogP contribution < -0.4 is 0 Å². The van der Waals surface area contributed by atoms with Gasteiger partial charge in [-0.3, -0.25) is 4.57 Å². The van der Waals surface area contributed by atoms with E-state index in [4.69, 9.17) is 9.79 Å². The average molecular weight is 264 g/mol. The van der Waals surface area contributed by atoms with Gasteiger partial charge in [-0.05, 0) is 35.6 Å². The van der Waals surface area contributed by atoms with Crippen molar-refractivity contribution in [2.24, 2.45) is 0 Å². The fourth-order valence-electron chi connectivity index (χ4n) is 2.14. The minimum atomic E-state index is -3.84. The van der Waals surface area contributed by atoms with E-state index in [1.54, 1.807) is 0 Å². The standard InChI is InChI=1S/C14H17O3P/c15-18(16,17)11-4-3-7-13-9-5-8-12-6-1-2-10-14(12)13/h1-2,5-6,8-10H,3-4,7,11H2,(H2,15,16,17). The molecule has 2 aromatic carbocycles. The maximum Gasteiger partial charge on any atom is 0.325 e. The van der Waals surface area contributed by atoms with Crippen LogP contribution in [0.4, 0.5) is 0 Å². The van der Waals surface area contributed by atoms with E-state index in [1.807, 2.05) is 18.2 Å². The molecule has 0 bridgehead atoms. The molecule has 3 nitrogen and oxygen atoms in total. The molecule has 0 atom stereocenters. The summed E-state index contributed by atoms with van der Waals surface area (Å²) in [7, 11) is -3.84. The lowest BCUT2D eigenvalue weighted by atomic mass is 10.0. The van der Waals surface area contributed by atoms with Gasteiger partial charge in [0.2, 0.25) is 0 Å². The number of hydrogen-bond acceptors (Lipinski definition) is 1. The number of aryl methyl sites for hydroxylation is 1. The van der Waals surface area contributed by atoms with Gasteiger partial charge in [0.15, 0.2) is 0 Å². The van der Waals surface area contributed by atoms with E-state index >= 15 is 0 Å². The molecule has 0 aliphatic carbocycles. The van der Waals surface area contributed by atoms with E-state index in [9.17, 15) is 4.57 Å². The molecule has 0 fully saturated rings. The fraction of sp³-hybridized carbons (Fsp3) is 0.286. The van der Waals surface area contributed by atoms with Gasteiger partial charge in [-0.25, -0.2) is 0 Å². The van der Waals surface area contributed by atoms with Gasteiger partial charge < -0.3 is 9.79 Å². The van der Waals surface area contributed by atoms with Crippen molar-refractivity contribution in [3.8, 4) is 0 Å². The van der Waals surface area contributed by atoms with Crippen molar-refractivity contribution in [2.75, 3.05) is 6.16 Å². The SMILES string of the molecule is O=P(O)(O)CCCCc1cccc2ccccc12. The predicted molar refractivity (Wildman–Crippen MR) is 73.8 cm³/mol. The van der Waals surface area contributed by atoms with Crippen LogP contribution in [0.5, 0.6) is 0 Å². The van der Waals surface area contributed by atoms with Crippen molar-refractivity contribution < 1.29 is 14.4 Å². The first-order chi connectivity index (χ1) is 8.56. The van der Waals surface area contributed by atoms with Crippen molar-refractivity contribution in [1.82, 2.24) is 0 Å². The summed E-state index contributed by atoms with van der Waals surface area (Å²) in [5.74, 6) is 0. The number of unbranched alkanes of at least 4 members (excludes halogenated alkanes) is 1. The van der Waals surface area contributed by atoms with E-state index in [0.717, 1.165) is 12.8 Å². The van der Waals surface area contributed by atoms with Gasteiger partial charge in [0.1, 0.15) is 0 Å². The zero-order chi connectivity index (χ0) is 13.0. The first kappa shape index (κ1) is 13.3. The highest BCUT2D eigenvalue weighted by Crippen LogP contribution is 2.35. The Morgan fingerprint density at radius 2 is 1.67 bits per heavy atom. The second-order valence-electron chi connectivity index (χ2n) is 4.48. The summed E-state index contributed by atoms with van der Waals surface area (Å²) in [6.07, 6.45) is 2.21. The summed E-state index contributed by atoms with van der Waals surface area (Å²) < 4.78 is 10.7. The lowest BCUT2D eigenvalue weighted by Gasteiger charge is -2.07. The van der Waals surface area contributed by atoms with Gasteiger partial charge in [-0.15, -0.1) is 0 Å². The Balaban J connectivity index is 2.02. The summed E-state index contributed by atoms with van der Waals surface area (Å²) in [5, 5.41) is 2.45. The minimum Gasteiger partial charge on any atom is -0.324 e. The van der Waals surface area contributed by atoms with E-state index in [0.29, 0.717) is 6.42 Å². The van der Waals surface area contributed by atoms with Gasteiger partial charge >= 0.3 is 7.60 Å². The molecule has 4 heteroatoms. The Labute approximate surface area is 107 Å². The predicted octanol–water partition coefficient (Wildman–Crippen LogP) is 3.34. The van der Waals surface area contributed by atoms with E-state index in [1.165, 1.54) is 16.3 Å². The Kier molecular flexibility index (Phi) is 4.18. The molecule has 2 N–H and O–H groups in total. The molecule has 0 aliphatic rings. The average Bonchev–Trinajstić information content (AvgIpc) is 2.33. The molecule has 0 saturated carbocycles. The molecule has 0 aromatic heterocycles. The largest absolute Gasteiger partial charge is 0.325 e. The van der Waals surface area contributed by atoms with Crippen LogP contribution in [-0.4, -0.2) is 15.9 Å². The first-order valence-electron chi connectivity index (χ1n) is 6.07. The molecule has 0 heterocycles. The summed E-state index contributed by atoms with van der Waals surface area (Å²) in [5.41, 5.74) is 1.25. The Hall–Kier alpha value is -1.15. The highest BCUT2D eigenvalue weighted by Gasteiger charge is 2.11. The number of hydrogen-bond donors (Lipinski definition) is 2. The maximum atomic E-state index is 10.7. The van der Waals surface area contributed by atoms with Crippen LogP contribution >= 0.6 is 7.60 Å². The molecule has 0 aliphatic heterocycles. The molecule has 96 valence electrons. The van der Waals surface area contributed by atoms with E-state index in [-0.39, 0.29) is 6.16 Å². The Morgan fingerprint density at radius 1 is 0.944 bits per heavy atom. The molecular weight excluding hydrogens is 247 g/mol. The maximum absolute atomic E-state index is 10.7. The summed E-state index contributed by atoms with van der Waals surface area (Å²) in [4.78, 5) is 17.6. The topological polar surface area (TPSA) is 57.5 Å². The van der Waals surface area contributed by atoms with Gasteiger partial charge in [0.25, 0.3) is 0 Å². The molecule has 0 spiro atoms. The summed E-state index contributed by atoms with van der Waals surface area (Å²) >= 11 is 0. The lowest BCUT2D eigenvalue weighted by Crippen LogP contribution is -1.92. The summed E-state index contributed by atoms with van der Waals surface area (Å²) in [6.45, 7) is 0. The van der Waals surface area contributed by atoms with Crippen LogP contribution in [0.25, 0.3) is 10.8 Å². The van der Waals surface area contributed by atoms with Crippen molar-refractivity contribution in [3.05, 3.63) is 48.0 Å². The number of benzene rings is 2. The van der Waals surface area contributed by atoms with Crippen molar-refractivity contribution in [3.63, 3.8) is 0 Å². The third-order valence-corrected chi connectivity index (χ3v) is 3.92. The van der Waals surface area contributed by atoms with Gasteiger partial charge in [-0.2, -0.15) is 0 Å². The Morgan fingerprint density at radius 3 is 2.44 bits per heavy atom. The van der Waals surface area contributed by atoms with Gasteiger partial charge in [0, 0.05) is 6.16 Å². The summed E-state index contributed by atoms with van der Waals surface area (Å²) in [6, 6.07) is 14.4. The first-order valence-corrected chi connectivity index (χ1v) is 7.87. The zero-order valence-electron chi connectivity index (χ0n) is 10.1. The molecule has 0 radical (unpaired) electrons. The normalized spacial score (nSPS) is 11.9. The van der Waals surface area contributed by atoms with Crippen LogP contribution in [-0.2, 0) is 11.0 Å². The van der Waals surface area contributed by atoms with E-state index in [2.05, 4.69) is 24.3 Å². The minimum absolute atomic E-state index is 0.0161. The van der Waals surface area contributed by atoms with Crippen LogP contribution in [0, 0.1) is 0 Å². The highest BCUT2D eigenvalue weighted by molar-refractivity contribution is 7.51. The zero-order valence-corrected chi connectivity index (χ0v) is 11.0. The van der Waals surface area contributed by atoms with Crippen molar-refractivity contribution >= 4 is 18.4 Å². The number of rotatable bonds is 5. The van der Waals surface area contributed by atoms with Crippen LogP contribution in [0.1, 0.15) is 18.4 Å². The van der Waals surface area contributed by atoms with Crippen LogP contribution in [0.3, 0.4) is 0 Å². The second-order valence-corrected chi connectivity index (χ2v) is 6.26. The molecule has 2 aromatic rings. The lowest BCUT2D eigenvalue weighted by molar-refractivity contribution is 0.371. The quantitative estimate of drug-likeness (QED) is 0.643. The third kappa shape index (κ3) is 3.67. The number of fused-ring (bicyclic) bond motifs is 1. The van der Waals surface area contributed by atoms with Gasteiger partial charge in [0.05, 0.1) is 0 Å². The van der Waals surface area contributed by atoms with E-state index < -0.39 is 7.60 Å². The van der Waals surface area contributed by atoms with Crippen molar-refractivity contribution in [1.29, 1.82) is 0 Å². The molecular formula is C14H17O3P. The van der Waals surface area contributed by atoms with Crippen LogP contribution in [0.2, 0.25) is 0 Å². The van der Waals surface area contributed by atoms with Gasteiger partial charge in [-0.1, -0.05) is 42.5 Å². The smallest absolute Gasteiger partial charge is 0.324 e. The third-order valence-electron chi connectivity index (χ3n) is 3.03. The molecule has 2 rings (SSSR count). The van der Waals surface area contributed by atoms with Crippen LogP contribution in [0.15, 0.2) is 42.5 Å². The fourth-order valence-corrected chi connectivity index (χ4v) is 2.78.